The summed E-state index contributed by atoms with van der Waals surface area (Å²) in [5, 5.41) is 11.1. The average Bonchev–Trinajstić information content (AvgIpc) is 3.19. The zero-order valence-electron chi connectivity index (χ0n) is 12.0. The van der Waals surface area contributed by atoms with Crippen LogP contribution >= 0.6 is 0 Å². The van der Waals surface area contributed by atoms with Gasteiger partial charge >= 0.3 is 0 Å². The molecule has 1 aliphatic heterocycles. The Morgan fingerprint density at radius 1 is 1.30 bits per heavy atom. The van der Waals surface area contributed by atoms with Gasteiger partial charge in [-0.2, -0.15) is 0 Å². The van der Waals surface area contributed by atoms with E-state index in [9.17, 15) is 4.79 Å². The highest BCUT2D eigenvalue weighted by atomic mass is 16.6. The van der Waals surface area contributed by atoms with E-state index in [1.54, 1.807) is 0 Å². The molecule has 3 rings (SSSR count). The minimum absolute atomic E-state index is 0.320. The largest absolute Gasteiger partial charge is 0.342 e. The molecule has 1 aliphatic carbocycles. The summed E-state index contributed by atoms with van der Waals surface area (Å²) in [6.07, 6.45) is 5.17. The third kappa shape index (κ3) is 3.36. The first-order valence-electron chi connectivity index (χ1n) is 7.51. The first-order valence-corrected chi connectivity index (χ1v) is 7.51. The van der Waals surface area contributed by atoms with Crippen molar-refractivity contribution < 1.29 is 9.42 Å². The Morgan fingerprint density at radius 2 is 2.15 bits per heavy atom. The van der Waals surface area contributed by atoms with Crippen LogP contribution in [-0.2, 0) is 11.3 Å². The number of nitrogens with zero attached hydrogens (tertiary/aromatic N) is 3. The average molecular weight is 278 g/mol. The Kier molecular flexibility index (Phi) is 4.00. The van der Waals surface area contributed by atoms with Gasteiger partial charge in [-0.1, -0.05) is 10.3 Å². The number of aryl methyl sites for hydroxylation is 1. The van der Waals surface area contributed by atoms with Gasteiger partial charge in [0.25, 0.3) is 0 Å². The topological polar surface area (TPSA) is 71.3 Å². The molecule has 1 aromatic heterocycles. The van der Waals surface area contributed by atoms with E-state index in [2.05, 4.69) is 20.5 Å². The predicted octanol–water partition coefficient (Wildman–Crippen LogP) is 1.26. The van der Waals surface area contributed by atoms with Gasteiger partial charge in [0, 0.05) is 32.1 Å². The summed E-state index contributed by atoms with van der Waals surface area (Å²) in [6, 6.07) is 0.374. The molecule has 6 heteroatoms. The molecule has 1 aromatic rings. The van der Waals surface area contributed by atoms with E-state index in [0.29, 0.717) is 24.9 Å². The number of hydrogen-bond donors (Lipinski definition) is 1. The van der Waals surface area contributed by atoms with Crippen LogP contribution in [-0.4, -0.2) is 40.3 Å². The van der Waals surface area contributed by atoms with Crippen molar-refractivity contribution in [2.75, 3.05) is 13.1 Å². The van der Waals surface area contributed by atoms with Gasteiger partial charge in [-0.15, -0.1) is 0 Å². The Hall–Kier alpha value is -1.43. The van der Waals surface area contributed by atoms with Crippen molar-refractivity contribution in [2.24, 2.45) is 5.92 Å². The summed E-state index contributed by atoms with van der Waals surface area (Å²) in [5.41, 5.74) is 1.69. The van der Waals surface area contributed by atoms with Crippen LogP contribution in [0.15, 0.2) is 4.63 Å². The lowest BCUT2D eigenvalue weighted by atomic mass is 10.1. The van der Waals surface area contributed by atoms with E-state index < -0.39 is 0 Å². The summed E-state index contributed by atoms with van der Waals surface area (Å²) in [5.74, 6) is 1.09. The van der Waals surface area contributed by atoms with Crippen molar-refractivity contribution in [1.29, 1.82) is 0 Å². The lowest BCUT2D eigenvalue weighted by molar-refractivity contribution is -0.130. The van der Waals surface area contributed by atoms with E-state index in [4.69, 9.17) is 4.63 Å². The Labute approximate surface area is 118 Å². The molecule has 0 unspecified atom stereocenters. The second kappa shape index (κ2) is 5.91. The smallest absolute Gasteiger partial charge is 0.222 e. The highest BCUT2D eigenvalue weighted by Crippen LogP contribution is 2.30. The number of rotatable bonds is 5. The molecule has 6 nitrogen and oxygen atoms in total. The molecule has 1 saturated heterocycles. The zero-order valence-corrected chi connectivity index (χ0v) is 12.0. The normalized spacial score (nSPS) is 23.9. The Balaban J connectivity index is 1.48. The van der Waals surface area contributed by atoms with Gasteiger partial charge in [-0.05, 0) is 38.5 Å². The minimum Gasteiger partial charge on any atom is -0.342 e. The summed E-state index contributed by atoms with van der Waals surface area (Å²) in [6.45, 7) is 4.40. The van der Waals surface area contributed by atoms with Gasteiger partial charge in [0.1, 0.15) is 11.4 Å². The van der Waals surface area contributed by atoms with Crippen LogP contribution in [0.25, 0.3) is 0 Å². The third-order valence-corrected chi connectivity index (χ3v) is 4.29. The van der Waals surface area contributed by atoms with Crippen molar-refractivity contribution in [3.05, 3.63) is 11.4 Å². The maximum atomic E-state index is 12.1. The van der Waals surface area contributed by atoms with Crippen LogP contribution in [0.4, 0.5) is 0 Å². The summed E-state index contributed by atoms with van der Waals surface area (Å²) in [7, 11) is 0. The molecule has 0 radical (unpaired) electrons. The van der Waals surface area contributed by atoms with Crippen LogP contribution in [0, 0.1) is 12.8 Å². The lowest BCUT2D eigenvalue weighted by Crippen LogP contribution is -2.33. The van der Waals surface area contributed by atoms with E-state index in [1.807, 2.05) is 6.92 Å². The van der Waals surface area contributed by atoms with Gasteiger partial charge < -0.3 is 10.2 Å². The van der Waals surface area contributed by atoms with Crippen molar-refractivity contribution in [3.8, 4) is 0 Å². The lowest BCUT2D eigenvalue weighted by Gasteiger charge is -2.20. The molecule has 20 heavy (non-hydrogen) atoms. The Morgan fingerprint density at radius 3 is 2.85 bits per heavy atom. The van der Waals surface area contributed by atoms with Crippen LogP contribution < -0.4 is 5.32 Å². The first-order chi connectivity index (χ1) is 9.72. The second-order valence-electron chi connectivity index (χ2n) is 5.98. The molecule has 1 saturated carbocycles. The van der Waals surface area contributed by atoms with Crippen molar-refractivity contribution in [1.82, 2.24) is 20.5 Å². The van der Waals surface area contributed by atoms with Gasteiger partial charge in [0.15, 0.2) is 0 Å². The number of carbonyl (C=O) groups is 1. The van der Waals surface area contributed by atoms with Crippen LogP contribution in [0.2, 0.25) is 0 Å². The zero-order chi connectivity index (χ0) is 13.9. The van der Waals surface area contributed by atoms with E-state index >= 15 is 0 Å². The van der Waals surface area contributed by atoms with E-state index in [0.717, 1.165) is 43.2 Å². The standard InChI is InChI=1S/C14H22N4O2/c1-10-13(17-20-16-10)8-15-12-4-5-14(19)18(7-6-12)9-11-2-3-11/h11-12,15H,2-9H2,1H3/t12-/m0/s1. The highest BCUT2D eigenvalue weighted by Gasteiger charge is 2.29. The molecule has 2 heterocycles. The third-order valence-electron chi connectivity index (χ3n) is 4.29. The monoisotopic (exact) mass is 278 g/mol. The summed E-state index contributed by atoms with van der Waals surface area (Å²) in [4.78, 5) is 14.1. The first kappa shape index (κ1) is 13.5. The fraction of sp³-hybridized carbons (Fsp3) is 0.786. The fourth-order valence-electron chi connectivity index (χ4n) is 2.70. The number of carbonyl (C=O) groups excluding carboxylic acids is 1. The molecule has 2 fully saturated rings. The second-order valence-corrected chi connectivity index (χ2v) is 5.98. The van der Waals surface area contributed by atoms with Crippen molar-refractivity contribution >= 4 is 5.91 Å². The van der Waals surface area contributed by atoms with Gasteiger partial charge in [-0.25, -0.2) is 4.63 Å². The molecule has 110 valence electrons. The number of aromatic nitrogens is 2. The highest BCUT2D eigenvalue weighted by molar-refractivity contribution is 5.76. The molecular formula is C14H22N4O2. The molecule has 0 bridgehead atoms. The van der Waals surface area contributed by atoms with Gasteiger partial charge in [0.05, 0.1) is 0 Å². The molecule has 1 N–H and O–H groups in total. The van der Waals surface area contributed by atoms with Crippen molar-refractivity contribution in [2.45, 2.75) is 51.6 Å². The predicted molar refractivity (Wildman–Crippen MR) is 72.8 cm³/mol. The number of hydrogen-bond acceptors (Lipinski definition) is 5. The summed E-state index contributed by atoms with van der Waals surface area (Å²) < 4.78 is 4.69. The quantitative estimate of drug-likeness (QED) is 0.878. The fourth-order valence-corrected chi connectivity index (χ4v) is 2.70. The molecule has 0 spiro atoms. The van der Waals surface area contributed by atoms with Gasteiger partial charge in [-0.3, -0.25) is 4.79 Å². The molecule has 0 aromatic carbocycles. The molecule has 1 atom stereocenters. The van der Waals surface area contributed by atoms with E-state index in [1.165, 1.54) is 12.8 Å². The maximum absolute atomic E-state index is 12.1. The minimum atomic E-state index is 0.320. The molecule has 1 amide bonds. The molecule has 2 aliphatic rings. The van der Waals surface area contributed by atoms with Crippen LogP contribution in [0.5, 0.6) is 0 Å². The van der Waals surface area contributed by atoms with Crippen LogP contribution in [0.3, 0.4) is 0 Å². The summed E-state index contributed by atoms with van der Waals surface area (Å²) >= 11 is 0. The van der Waals surface area contributed by atoms with E-state index in [-0.39, 0.29) is 0 Å². The number of likely N-dealkylation sites (tertiary alicyclic amines) is 1. The SMILES string of the molecule is Cc1nonc1CN[C@H]1CCC(=O)N(CC2CC2)CC1. The number of nitrogens with one attached hydrogen (secondary N) is 1. The number of amides is 1. The van der Waals surface area contributed by atoms with Crippen LogP contribution in [0.1, 0.15) is 43.5 Å². The van der Waals surface area contributed by atoms with Crippen molar-refractivity contribution in [3.63, 3.8) is 0 Å². The Bertz CT molecular complexity index is 469. The van der Waals surface area contributed by atoms with Gasteiger partial charge in [0.2, 0.25) is 5.91 Å². The maximum Gasteiger partial charge on any atom is 0.222 e. The molecular weight excluding hydrogens is 256 g/mol.